The number of rotatable bonds is 8. The third-order valence-corrected chi connectivity index (χ3v) is 4.72. The highest BCUT2D eigenvalue weighted by Crippen LogP contribution is 2.16. The minimum absolute atomic E-state index is 0. The van der Waals surface area contributed by atoms with Crippen molar-refractivity contribution < 1.29 is 8.91 Å². The lowest BCUT2D eigenvalue weighted by atomic mass is 10.1. The van der Waals surface area contributed by atoms with E-state index in [-0.39, 0.29) is 29.8 Å². The molecule has 8 heteroatoms. The van der Waals surface area contributed by atoms with Crippen LogP contribution in [0.2, 0.25) is 0 Å². The van der Waals surface area contributed by atoms with E-state index in [0.717, 1.165) is 59.8 Å². The molecule has 5 nitrogen and oxygen atoms in total. The number of hydrogen-bond acceptors (Lipinski definition) is 3. The molecule has 0 atom stereocenters. The summed E-state index contributed by atoms with van der Waals surface area (Å²) in [6, 6.07) is 5.19. The van der Waals surface area contributed by atoms with Gasteiger partial charge in [0.1, 0.15) is 11.6 Å². The monoisotopic (exact) mass is 552 g/mol. The molecule has 0 unspecified atom stereocenters. The van der Waals surface area contributed by atoms with Gasteiger partial charge in [-0.15, -0.1) is 24.0 Å². The summed E-state index contributed by atoms with van der Waals surface area (Å²) in [7, 11) is 1.75. The molecule has 0 saturated heterocycles. The topological polar surface area (TPSA) is 62.5 Å². The molecule has 1 aromatic heterocycles. The molecule has 0 saturated carbocycles. The Morgan fingerprint density at radius 3 is 2.41 bits per heavy atom. The van der Waals surface area contributed by atoms with Crippen LogP contribution in [0.25, 0.3) is 0 Å². The highest BCUT2D eigenvalue weighted by atomic mass is 127. The van der Waals surface area contributed by atoms with Crippen LogP contribution in [0.15, 0.2) is 32.2 Å². The Labute approximate surface area is 185 Å². The van der Waals surface area contributed by atoms with E-state index < -0.39 is 0 Å². The summed E-state index contributed by atoms with van der Waals surface area (Å²) in [5.74, 6) is 1.49. The summed E-state index contributed by atoms with van der Waals surface area (Å²) >= 11 is 3.27. The molecule has 2 rings (SSSR count). The van der Waals surface area contributed by atoms with Crippen LogP contribution >= 0.6 is 39.9 Å². The largest absolute Gasteiger partial charge is 0.361 e. The second-order valence-electron chi connectivity index (χ2n) is 6.17. The molecule has 0 aliphatic heterocycles. The van der Waals surface area contributed by atoms with Gasteiger partial charge < -0.3 is 15.2 Å². The highest BCUT2D eigenvalue weighted by molar-refractivity contribution is 14.0. The van der Waals surface area contributed by atoms with E-state index in [4.69, 9.17) is 4.52 Å². The molecular formula is C19H27BrFIN4O. The Bertz CT molecular complexity index is 732. The van der Waals surface area contributed by atoms with E-state index in [1.54, 1.807) is 7.05 Å². The summed E-state index contributed by atoms with van der Waals surface area (Å²) in [6.07, 6.45) is 3.41. The fraction of sp³-hybridized carbons (Fsp3) is 0.474. The summed E-state index contributed by atoms with van der Waals surface area (Å²) in [6.45, 7) is 5.45. The molecule has 1 aromatic carbocycles. The maximum atomic E-state index is 13.8. The Hall–Kier alpha value is -1.16. The van der Waals surface area contributed by atoms with E-state index in [1.165, 1.54) is 11.6 Å². The third kappa shape index (κ3) is 7.77. The predicted molar refractivity (Wildman–Crippen MR) is 121 cm³/mol. The van der Waals surface area contributed by atoms with E-state index in [9.17, 15) is 4.39 Å². The fourth-order valence-electron chi connectivity index (χ4n) is 2.76. The third-order valence-electron chi connectivity index (χ3n) is 4.23. The van der Waals surface area contributed by atoms with Crippen LogP contribution in [0.5, 0.6) is 0 Å². The number of benzene rings is 1. The second-order valence-corrected chi connectivity index (χ2v) is 7.09. The SMILES string of the molecule is CN=C(NCCCc1ccc(Br)cc1F)NCCCc1c(C)noc1C.I. The van der Waals surface area contributed by atoms with E-state index in [0.29, 0.717) is 6.42 Å². The van der Waals surface area contributed by atoms with Gasteiger partial charge in [0, 0.05) is 30.2 Å². The lowest BCUT2D eigenvalue weighted by Crippen LogP contribution is -2.38. The normalized spacial score (nSPS) is 11.2. The number of nitrogens with one attached hydrogen (secondary N) is 2. The van der Waals surface area contributed by atoms with Crippen molar-refractivity contribution in [1.82, 2.24) is 15.8 Å². The van der Waals surface area contributed by atoms with Crippen LogP contribution in [0.3, 0.4) is 0 Å². The maximum absolute atomic E-state index is 13.8. The van der Waals surface area contributed by atoms with Gasteiger partial charge in [-0.3, -0.25) is 4.99 Å². The summed E-state index contributed by atoms with van der Waals surface area (Å²) in [4.78, 5) is 4.21. The summed E-state index contributed by atoms with van der Waals surface area (Å²) in [5.41, 5.74) is 2.88. The zero-order valence-electron chi connectivity index (χ0n) is 15.9. The molecule has 2 aromatic rings. The molecule has 2 N–H and O–H groups in total. The summed E-state index contributed by atoms with van der Waals surface area (Å²) < 4.78 is 19.7. The van der Waals surface area contributed by atoms with Crippen LogP contribution in [0.1, 0.15) is 35.4 Å². The van der Waals surface area contributed by atoms with Crippen molar-refractivity contribution in [1.29, 1.82) is 0 Å². The lowest BCUT2D eigenvalue weighted by molar-refractivity contribution is 0.392. The number of aliphatic imine (C=N–C) groups is 1. The lowest BCUT2D eigenvalue weighted by Gasteiger charge is -2.12. The van der Waals surface area contributed by atoms with E-state index >= 15 is 0 Å². The van der Waals surface area contributed by atoms with Crippen molar-refractivity contribution in [2.75, 3.05) is 20.1 Å². The van der Waals surface area contributed by atoms with Crippen molar-refractivity contribution >= 4 is 45.9 Å². The number of guanidine groups is 1. The van der Waals surface area contributed by atoms with Gasteiger partial charge >= 0.3 is 0 Å². The maximum Gasteiger partial charge on any atom is 0.190 e. The molecule has 0 spiro atoms. The standard InChI is InChI=1S/C19H26BrFN4O.HI/c1-13-17(14(2)26-25-13)7-5-11-24-19(22-3)23-10-4-6-15-8-9-16(20)12-18(15)21;/h8-9,12H,4-7,10-11H2,1-3H3,(H2,22,23,24);1H. The number of nitrogens with zero attached hydrogens (tertiary/aromatic N) is 2. The molecule has 150 valence electrons. The molecule has 0 amide bonds. The van der Waals surface area contributed by atoms with Crippen LogP contribution in [-0.2, 0) is 12.8 Å². The Balaban J connectivity index is 0.00000364. The molecule has 0 aliphatic carbocycles. The van der Waals surface area contributed by atoms with E-state index in [2.05, 4.69) is 36.7 Å². The first-order valence-electron chi connectivity index (χ1n) is 8.81. The van der Waals surface area contributed by atoms with Crippen LogP contribution in [-0.4, -0.2) is 31.3 Å². The molecular weight excluding hydrogens is 526 g/mol. The molecule has 1 heterocycles. The number of hydrogen-bond donors (Lipinski definition) is 2. The second kappa shape index (κ2) is 12.3. The Morgan fingerprint density at radius 1 is 1.19 bits per heavy atom. The van der Waals surface area contributed by atoms with E-state index in [1.807, 2.05) is 26.0 Å². The van der Waals surface area contributed by atoms with Crippen LogP contribution < -0.4 is 10.6 Å². The van der Waals surface area contributed by atoms with Gasteiger partial charge in [0.2, 0.25) is 0 Å². The Kier molecular flexibility index (Phi) is 10.9. The number of halogens is 3. The smallest absolute Gasteiger partial charge is 0.190 e. The van der Waals surface area contributed by atoms with Gasteiger partial charge in [0.25, 0.3) is 0 Å². The zero-order chi connectivity index (χ0) is 18.9. The highest BCUT2D eigenvalue weighted by Gasteiger charge is 2.08. The van der Waals surface area contributed by atoms with Crippen molar-refractivity contribution in [3.63, 3.8) is 0 Å². The minimum atomic E-state index is -0.166. The predicted octanol–water partition coefficient (Wildman–Crippen LogP) is 4.54. The molecule has 27 heavy (non-hydrogen) atoms. The minimum Gasteiger partial charge on any atom is -0.361 e. The van der Waals surface area contributed by atoms with Crippen molar-refractivity contribution in [3.8, 4) is 0 Å². The first-order chi connectivity index (χ1) is 12.5. The van der Waals surface area contributed by atoms with Gasteiger partial charge in [-0.05, 0) is 57.2 Å². The van der Waals surface area contributed by atoms with Gasteiger partial charge in [0.05, 0.1) is 5.69 Å². The average Bonchev–Trinajstić information content (AvgIpc) is 2.93. The average molecular weight is 553 g/mol. The molecule has 0 radical (unpaired) electrons. The summed E-state index contributed by atoms with van der Waals surface area (Å²) in [5, 5.41) is 10.5. The van der Waals surface area contributed by atoms with Crippen LogP contribution in [0, 0.1) is 19.7 Å². The molecule has 0 bridgehead atoms. The Morgan fingerprint density at radius 2 is 1.85 bits per heavy atom. The fourth-order valence-corrected chi connectivity index (χ4v) is 3.09. The van der Waals surface area contributed by atoms with Gasteiger partial charge in [0.15, 0.2) is 5.96 Å². The first kappa shape index (κ1) is 23.9. The van der Waals surface area contributed by atoms with Crippen molar-refractivity contribution in [2.45, 2.75) is 39.5 Å². The number of aromatic nitrogens is 1. The molecule has 0 aliphatic rings. The number of aryl methyl sites for hydroxylation is 3. The quantitative estimate of drug-likeness (QED) is 0.218. The van der Waals surface area contributed by atoms with Gasteiger partial charge in [-0.1, -0.05) is 27.2 Å². The van der Waals surface area contributed by atoms with Crippen LogP contribution in [0.4, 0.5) is 4.39 Å². The van der Waals surface area contributed by atoms with Crippen molar-refractivity contribution in [2.24, 2.45) is 4.99 Å². The molecule has 0 fully saturated rings. The van der Waals surface area contributed by atoms with Gasteiger partial charge in [-0.2, -0.15) is 0 Å². The van der Waals surface area contributed by atoms with Gasteiger partial charge in [-0.25, -0.2) is 4.39 Å². The van der Waals surface area contributed by atoms with Crippen molar-refractivity contribution in [3.05, 3.63) is 51.1 Å². The zero-order valence-corrected chi connectivity index (χ0v) is 19.9. The first-order valence-corrected chi connectivity index (χ1v) is 9.60.